The van der Waals surface area contributed by atoms with E-state index < -0.39 is 12.0 Å². The van der Waals surface area contributed by atoms with E-state index in [2.05, 4.69) is 22.3 Å². The van der Waals surface area contributed by atoms with Crippen LogP contribution in [0.4, 0.5) is 0 Å². The normalized spacial score (nSPS) is 11.9. The molecule has 0 unspecified atom stereocenters. The molecule has 1 atom stereocenters. The quantitative estimate of drug-likeness (QED) is 0.530. The SMILES string of the molecule is CCCCc1c(C)nn(-c2nc(C)c(C(=O)N[C@H](C(=O)OC)c3ccccc3)s2)c1C. The summed E-state index contributed by atoms with van der Waals surface area (Å²) in [6.07, 6.45) is 3.20. The molecule has 1 N–H and O–H groups in total. The number of carbonyl (C=O) groups excluding carboxylic acids is 2. The molecule has 7 nitrogen and oxygen atoms in total. The Morgan fingerprint density at radius 3 is 2.52 bits per heavy atom. The molecule has 31 heavy (non-hydrogen) atoms. The van der Waals surface area contributed by atoms with Gasteiger partial charge >= 0.3 is 5.97 Å². The maximum absolute atomic E-state index is 13.0. The molecule has 0 aliphatic rings. The Kier molecular flexibility index (Phi) is 7.22. The van der Waals surface area contributed by atoms with Crippen LogP contribution in [0.1, 0.15) is 63.7 Å². The van der Waals surface area contributed by atoms with Crippen LogP contribution >= 0.6 is 11.3 Å². The van der Waals surface area contributed by atoms with Gasteiger partial charge in [0.1, 0.15) is 4.88 Å². The highest BCUT2D eigenvalue weighted by Crippen LogP contribution is 2.26. The molecule has 2 heterocycles. The number of rotatable bonds is 8. The summed E-state index contributed by atoms with van der Waals surface area (Å²) in [5.41, 5.74) is 4.51. The van der Waals surface area contributed by atoms with E-state index in [1.54, 1.807) is 19.1 Å². The maximum atomic E-state index is 13.0. The highest BCUT2D eigenvalue weighted by molar-refractivity contribution is 7.16. The van der Waals surface area contributed by atoms with Gasteiger partial charge in [0.05, 0.1) is 18.5 Å². The van der Waals surface area contributed by atoms with Crippen molar-refractivity contribution in [3.05, 3.63) is 63.4 Å². The molecule has 0 aliphatic carbocycles. The first-order valence-electron chi connectivity index (χ1n) is 10.3. The number of nitrogens with zero attached hydrogens (tertiary/aromatic N) is 3. The lowest BCUT2D eigenvalue weighted by molar-refractivity contribution is -0.143. The van der Waals surface area contributed by atoms with Gasteiger partial charge in [-0.1, -0.05) is 55.0 Å². The molecule has 3 aromatic rings. The third kappa shape index (κ3) is 4.85. The Labute approximate surface area is 186 Å². The molecule has 0 aliphatic heterocycles. The minimum atomic E-state index is -0.891. The van der Waals surface area contributed by atoms with Crippen LogP contribution in [0.25, 0.3) is 5.13 Å². The van der Waals surface area contributed by atoms with Crippen molar-refractivity contribution in [2.24, 2.45) is 0 Å². The first-order valence-corrected chi connectivity index (χ1v) is 11.2. The highest BCUT2D eigenvalue weighted by atomic mass is 32.1. The zero-order valence-electron chi connectivity index (χ0n) is 18.6. The maximum Gasteiger partial charge on any atom is 0.333 e. The van der Waals surface area contributed by atoms with E-state index in [0.717, 1.165) is 30.7 Å². The average molecular weight is 441 g/mol. The van der Waals surface area contributed by atoms with Gasteiger partial charge in [0.25, 0.3) is 5.91 Å². The number of unbranched alkanes of at least 4 members (excludes halogenated alkanes) is 1. The molecule has 0 spiro atoms. The van der Waals surface area contributed by atoms with Crippen molar-refractivity contribution in [1.82, 2.24) is 20.1 Å². The molecular formula is C23H28N4O3S. The van der Waals surface area contributed by atoms with Gasteiger partial charge in [-0.15, -0.1) is 0 Å². The third-order valence-electron chi connectivity index (χ3n) is 5.24. The van der Waals surface area contributed by atoms with Crippen LogP contribution in [0.3, 0.4) is 0 Å². The minimum Gasteiger partial charge on any atom is -0.467 e. The molecule has 1 amide bonds. The van der Waals surface area contributed by atoms with Gasteiger partial charge in [-0.05, 0) is 44.7 Å². The molecule has 0 saturated heterocycles. The number of hydrogen-bond acceptors (Lipinski definition) is 6. The smallest absolute Gasteiger partial charge is 0.333 e. The third-order valence-corrected chi connectivity index (χ3v) is 6.37. The Balaban J connectivity index is 1.88. The van der Waals surface area contributed by atoms with Gasteiger partial charge in [-0.25, -0.2) is 14.5 Å². The molecule has 2 aromatic heterocycles. The number of aromatic nitrogens is 3. The van der Waals surface area contributed by atoms with Gasteiger partial charge < -0.3 is 10.1 Å². The Hall–Kier alpha value is -3.00. The Bertz CT molecular complexity index is 1070. The van der Waals surface area contributed by atoms with Crippen LogP contribution in [0.15, 0.2) is 30.3 Å². The summed E-state index contributed by atoms with van der Waals surface area (Å²) in [6.45, 7) is 7.99. The predicted molar refractivity (Wildman–Crippen MR) is 121 cm³/mol. The van der Waals surface area contributed by atoms with E-state index in [0.29, 0.717) is 21.3 Å². The van der Waals surface area contributed by atoms with Crippen molar-refractivity contribution in [3.8, 4) is 5.13 Å². The van der Waals surface area contributed by atoms with Crippen molar-refractivity contribution < 1.29 is 14.3 Å². The standard InChI is InChI=1S/C23H28N4O3S/c1-6-7-13-18-14(2)26-27(16(18)4)23-24-15(3)20(31-23)21(28)25-19(22(29)30-5)17-11-9-8-10-12-17/h8-12,19H,6-7,13H2,1-5H3,(H,25,28)/t19-/m0/s1. The predicted octanol–water partition coefficient (Wildman–Crippen LogP) is 4.24. The first kappa shape index (κ1) is 22.7. The van der Waals surface area contributed by atoms with Crippen molar-refractivity contribution in [2.45, 2.75) is 53.0 Å². The second-order valence-electron chi connectivity index (χ2n) is 7.42. The first-order chi connectivity index (χ1) is 14.9. The molecular weight excluding hydrogens is 412 g/mol. The molecule has 1 aromatic carbocycles. The van der Waals surface area contributed by atoms with Gasteiger partial charge in [0, 0.05) is 5.69 Å². The van der Waals surface area contributed by atoms with E-state index in [1.165, 1.54) is 24.0 Å². The van der Waals surface area contributed by atoms with E-state index in [-0.39, 0.29) is 5.91 Å². The van der Waals surface area contributed by atoms with Crippen molar-refractivity contribution in [2.75, 3.05) is 7.11 Å². The number of hydrogen-bond donors (Lipinski definition) is 1. The van der Waals surface area contributed by atoms with Gasteiger partial charge in [0.2, 0.25) is 5.13 Å². The largest absolute Gasteiger partial charge is 0.467 e. The zero-order chi connectivity index (χ0) is 22.5. The Morgan fingerprint density at radius 1 is 1.16 bits per heavy atom. The number of thiazole rings is 1. The number of methoxy groups -OCH3 is 1. The second-order valence-corrected chi connectivity index (χ2v) is 8.39. The summed E-state index contributed by atoms with van der Waals surface area (Å²) in [7, 11) is 1.30. The van der Waals surface area contributed by atoms with Gasteiger partial charge in [0.15, 0.2) is 6.04 Å². The van der Waals surface area contributed by atoms with Crippen LogP contribution in [0, 0.1) is 20.8 Å². The molecule has 0 bridgehead atoms. The lowest BCUT2D eigenvalue weighted by Crippen LogP contribution is -2.34. The van der Waals surface area contributed by atoms with E-state index in [4.69, 9.17) is 4.74 Å². The number of aryl methyl sites for hydroxylation is 2. The number of nitrogens with one attached hydrogen (secondary N) is 1. The van der Waals surface area contributed by atoms with Gasteiger partial charge in [-0.2, -0.15) is 5.10 Å². The Morgan fingerprint density at radius 2 is 1.87 bits per heavy atom. The molecule has 0 fully saturated rings. The van der Waals surface area contributed by atoms with Crippen molar-refractivity contribution >= 4 is 23.2 Å². The summed E-state index contributed by atoms with van der Waals surface area (Å²) in [4.78, 5) is 30.4. The highest BCUT2D eigenvalue weighted by Gasteiger charge is 2.27. The summed E-state index contributed by atoms with van der Waals surface area (Å²) in [5, 5.41) is 8.09. The van der Waals surface area contributed by atoms with Crippen LogP contribution in [0.2, 0.25) is 0 Å². The number of ether oxygens (including phenoxy) is 1. The molecule has 164 valence electrons. The second kappa shape index (κ2) is 9.87. The summed E-state index contributed by atoms with van der Waals surface area (Å²) >= 11 is 1.26. The van der Waals surface area contributed by atoms with E-state index in [1.807, 2.05) is 36.7 Å². The van der Waals surface area contributed by atoms with Crippen molar-refractivity contribution in [3.63, 3.8) is 0 Å². The molecule has 3 rings (SSSR count). The molecule has 0 saturated carbocycles. The number of amides is 1. The fraction of sp³-hybridized carbons (Fsp3) is 0.391. The fourth-order valence-electron chi connectivity index (χ4n) is 3.50. The number of esters is 1. The van der Waals surface area contributed by atoms with E-state index in [9.17, 15) is 9.59 Å². The van der Waals surface area contributed by atoms with Crippen LogP contribution in [0.5, 0.6) is 0 Å². The number of benzene rings is 1. The lowest BCUT2D eigenvalue weighted by atomic mass is 10.1. The minimum absolute atomic E-state index is 0.367. The van der Waals surface area contributed by atoms with Gasteiger partial charge in [-0.3, -0.25) is 4.79 Å². The van der Waals surface area contributed by atoms with E-state index >= 15 is 0 Å². The summed E-state index contributed by atoms with van der Waals surface area (Å²) < 4.78 is 6.70. The summed E-state index contributed by atoms with van der Waals surface area (Å²) in [5.74, 6) is -0.894. The van der Waals surface area contributed by atoms with Crippen molar-refractivity contribution in [1.29, 1.82) is 0 Å². The summed E-state index contributed by atoms with van der Waals surface area (Å²) in [6, 6.07) is 8.14. The topological polar surface area (TPSA) is 86.1 Å². The molecule has 8 heteroatoms. The molecule has 0 radical (unpaired) electrons. The number of carbonyl (C=O) groups is 2. The van der Waals surface area contributed by atoms with Crippen LogP contribution in [-0.2, 0) is 16.0 Å². The monoisotopic (exact) mass is 440 g/mol. The van der Waals surface area contributed by atoms with Crippen LogP contribution < -0.4 is 5.32 Å². The lowest BCUT2D eigenvalue weighted by Gasteiger charge is -2.16. The zero-order valence-corrected chi connectivity index (χ0v) is 19.4. The average Bonchev–Trinajstić information content (AvgIpc) is 3.29. The fourth-order valence-corrected chi connectivity index (χ4v) is 4.47. The van der Waals surface area contributed by atoms with Crippen LogP contribution in [-0.4, -0.2) is 33.8 Å².